The Morgan fingerprint density at radius 2 is 2.00 bits per heavy atom. The van der Waals surface area contributed by atoms with Crippen molar-refractivity contribution in [1.82, 2.24) is 19.7 Å². The summed E-state index contributed by atoms with van der Waals surface area (Å²) >= 11 is 6.13. The van der Waals surface area contributed by atoms with Crippen LogP contribution in [0, 0.1) is 6.92 Å². The normalized spacial score (nSPS) is 16.2. The zero-order valence-corrected chi connectivity index (χ0v) is 17.1. The Labute approximate surface area is 173 Å². The van der Waals surface area contributed by atoms with Gasteiger partial charge < -0.3 is 15.4 Å². The summed E-state index contributed by atoms with van der Waals surface area (Å²) in [6.07, 6.45) is 2.00. The number of benzene rings is 1. The maximum atomic E-state index is 12.0. The van der Waals surface area contributed by atoms with Gasteiger partial charge in [0, 0.05) is 43.3 Å². The van der Waals surface area contributed by atoms with E-state index in [1.807, 2.05) is 31.2 Å². The number of aryl methyl sites for hydroxylation is 1. The van der Waals surface area contributed by atoms with E-state index in [4.69, 9.17) is 22.1 Å². The van der Waals surface area contributed by atoms with Crippen molar-refractivity contribution < 1.29 is 9.53 Å². The van der Waals surface area contributed by atoms with Crippen LogP contribution in [0.4, 0.5) is 11.4 Å². The average molecular weight is 415 g/mol. The van der Waals surface area contributed by atoms with Crippen molar-refractivity contribution in [3.05, 3.63) is 41.2 Å². The Balaban J connectivity index is 1.54. The predicted molar refractivity (Wildman–Crippen MR) is 114 cm³/mol. The highest BCUT2D eigenvalue weighted by molar-refractivity contribution is 6.32. The number of rotatable bonds is 5. The van der Waals surface area contributed by atoms with E-state index < -0.39 is 6.17 Å². The second-order valence-electron chi connectivity index (χ2n) is 7.06. The molecule has 0 amide bonds. The fourth-order valence-electron chi connectivity index (χ4n) is 3.76. The van der Waals surface area contributed by atoms with Crippen LogP contribution < -0.4 is 15.4 Å². The fraction of sp³-hybridized carbons (Fsp3) is 0.350. The molecule has 2 aromatic heterocycles. The number of nitrogen functional groups attached to an aromatic ring is 1. The van der Waals surface area contributed by atoms with Gasteiger partial charge in [-0.15, -0.1) is 0 Å². The minimum Gasteiger partial charge on any atom is -0.495 e. The van der Waals surface area contributed by atoms with Gasteiger partial charge in [-0.1, -0.05) is 11.6 Å². The third kappa shape index (κ3) is 3.61. The van der Waals surface area contributed by atoms with Crippen molar-refractivity contribution >= 4 is 40.3 Å². The summed E-state index contributed by atoms with van der Waals surface area (Å²) in [6, 6.07) is 7.60. The molecule has 0 saturated carbocycles. The van der Waals surface area contributed by atoms with Crippen LogP contribution in [0.3, 0.4) is 0 Å². The maximum absolute atomic E-state index is 12.0. The number of piperazine rings is 1. The molecule has 1 atom stereocenters. The Morgan fingerprint density at radius 1 is 1.24 bits per heavy atom. The maximum Gasteiger partial charge on any atom is 0.162 e. The lowest BCUT2D eigenvalue weighted by molar-refractivity contribution is -0.115. The SMILES string of the molecule is COc1cc(N2CCN(C(C=O)n3nc(C)c4cc(N)cnc43)CC2)ccc1Cl. The summed E-state index contributed by atoms with van der Waals surface area (Å²) in [4.78, 5) is 20.8. The van der Waals surface area contributed by atoms with E-state index in [-0.39, 0.29) is 0 Å². The number of anilines is 2. The number of hydrogen-bond acceptors (Lipinski definition) is 7. The molecule has 1 aliphatic rings. The van der Waals surface area contributed by atoms with Crippen molar-refractivity contribution in [2.24, 2.45) is 0 Å². The van der Waals surface area contributed by atoms with Gasteiger partial charge in [0.05, 0.1) is 29.7 Å². The molecule has 8 nitrogen and oxygen atoms in total. The lowest BCUT2D eigenvalue weighted by Crippen LogP contribution is -2.49. The lowest BCUT2D eigenvalue weighted by Gasteiger charge is -2.38. The number of carbonyl (C=O) groups is 1. The summed E-state index contributed by atoms with van der Waals surface area (Å²) in [5, 5.41) is 6.02. The van der Waals surface area contributed by atoms with Crippen molar-refractivity contribution in [2.75, 3.05) is 43.9 Å². The summed E-state index contributed by atoms with van der Waals surface area (Å²) in [5.41, 5.74) is 8.95. The molecule has 4 rings (SSSR count). The third-order valence-electron chi connectivity index (χ3n) is 5.31. The smallest absolute Gasteiger partial charge is 0.162 e. The molecule has 3 heterocycles. The van der Waals surface area contributed by atoms with Crippen LogP contribution in [-0.2, 0) is 4.79 Å². The lowest BCUT2D eigenvalue weighted by atomic mass is 10.2. The Bertz CT molecular complexity index is 1040. The highest BCUT2D eigenvalue weighted by atomic mass is 35.5. The summed E-state index contributed by atoms with van der Waals surface area (Å²) in [6.45, 7) is 4.86. The number of ether oxygens (including phenoxy) is 1. The van der Waals surface area contributed by atoms with E-state index in [1.54, 1.807) is 18.0 Å². The van der Waals surface area contributed by atoms with Gasteiger partial charge in [0.25, 0.3) is 0 Å². The zero-order chi connectivity index (χ0) is 20.5. The highest BCUT2D eigenvalue weighted by Crippen LogP contribution is 2.30. The van der Waals surface area contributed by atoms with Gasteiger partial charge in [-0.2, -0.15) is 5.10 Å². The third-order valence-corrected chi connectivity index (χ3v) is 5.63. The number of pyridine rings is 1. The number of methoxy groups -OCH3 is 1. The van der Waals surface area contributed by atoms with Crippen LogP contribution in [-0.4, -0.2) is 59.2 Å². The van der Waals surface area contributed by atoms with Gasteiger partial charge in [-0.3, -0.25) is 9.69 Å². The van der Waals surface area contributed by atoms with E-state index in [9.17, 15) is 4.79 Å². The van der Waals surface area contributed by atoms with Gasteiger partial charge in [-0.25, -0.2) is 9.67 Å². The fourth-order valence-corrected chi connectivity index (χ4v) is 3.95. The number of halogens is 1. The molecule has 1 aliphatic heterocycles. The molecule has 0 bridgehead atoms. The minimum absolute atomic E-state index is 0.510. The molecule has 1 unspecified atom stereocenters. The number of nitrogens with two attached hydrogens (primary N) is 1. The van der Waals surface area contributed by atoms with Crippen LogP contribution >= 0.6 is 11.6 Å². The van der Waals surface area contributed by atoms with Gasteiger partial charge in [-0.05, 0) is 25.1 Å². The summed E-state index contributed by atoms with van der Waals surface area (Å²) in [7, 11) is 1.61. The zero-order valence-electron chi connectivity index (χ0n) is 16.4. The van der Waals surface area contributed by atoms with Crippen molar-refractivity contribution in [3.8, 4) is 5.75 Å². The van der Waals surface area contributed by atoms with E-state index >= 15 is 0 Å². The van der Waals surface area contributed by atoms with Gasteiger partial charge in [0.15, 0.2) is 18.1 Å². The minimum atomic E-state index is -0.510. The first-order valence-electron chi connectivity index (χ1n) is 9.40. The number of hydrogen-bond donors (Lipinski definition) is 1. The Hall–Kier alpha value is -2.84. The molecule has 2 N–H and O–H groups in total. The second kappa shape index (κ2) is 7.88. The van der Waals surface area contributed by atoms with E-state index in [0.717, 1.165) is 36.1 Å². The molecule has 1 fully saturated rings. The van der Waals surface area contributed by atoms with Crippen molar-refractivity contribution in [1.29, 1.82) is 0 Å². The summed E-state index contributed by atoms with van der Waals surface area (Å²) in [5.74, 6) is 0.654. The summed E-state index contributed by atoms with van der Waals surface area (Å²) < 4.78 is 7.01. The van der Waals surface area contributed by atoms with Gasteiger partial charge in [0.2, 0.25) is 0 Å². The van der Waals surface area contributed by atoms with Crippen LogP contribution in [0.5, 0.6) is 5.75 Å². The van der Waals surface area contributed by atoms with Gasteiger partial charge in [0.1, 0.15) is 5.75 Å². The standard InChI is InChI=1S/C20H23ClN6O2/c1-13-16-9-14(22)11-23-20(16)27(24-13)19(12-28)26-7-5-25(6-8-26)15-3-4-17(21)18(10-15)29-2/h3-4,9-12,19H,5-8,22H2,1-2H3. The number of aldehydes is 1. The first-order valence-corrected chi connectivity index (χ1v) is 9.78. The number of fused-ring (bicyclic) bond motifs is 1. The monoisotopic (exact) mass is 414 g/mol. The van der Waals surface area contributed by atoms with Crippen molar-refractivity contribution in [2.45, 2.75) is 13.1 Å². The van der Waals surface area contributed by atoms with E-state index in [0.29, 0.717) is 35.2 Å². The van der Waals surface area contributed by atoms with Crippen LogP contribution in [0.25, 0.3) is 11.0 Å². The predicted octanol–water partition coefficient (Wildman–Crippen LogP) is 2.50. The first-order chi connectivity index (χ1) is 14.0. The van der Waals surface area contributed by atoms with Crippen LogP contribution in [0.2, 0.25) is 5.02 Å². The van der Waals surface area contributed by atoms with E-state index in [2.05, 4.69) is 19.9 Å². The molecular formula is C20H23ClN6O2. The quantitative estimate of drug-likeness (QED) is 0.641. The number of nitrogens with zero attached hydrogens (tertiary/aromatic N) is 5. The molecule has 152 valence electrons. The van der Waals surface area contributed by atoms with Gasteiger partial charge >= 0.3 is 0 Å². The first kappa shape index (κ1) is 19.5. The largest absolute Gasteiger partial charge is 0.495 e. The molecular weight excluding hydrogens is 392 g/mol. The van der Waals surface area contributed by atoms with Crippen LogP contribution in [0.1, 0.15) is 11.9 Å². The molecule has 0 radical (unpaired) electrons. The molecule has 0 aliphatic carbocycles. The molecule has 0 spiro atoms. The Kier molecular flexibility index (Phi) is 5.29. The topological polar surface area (TPSA) is 89.5 Å². The molecule has 3 aromatic rings. The van der Waals surface area contributed by atoms with E-state index in [1.165, 1.54) is 0 Å². The van der Waals surface area contributed by atoms with Crippen molar-refractivity contribution in [3.63, 3.8) is 0 Å². The average Bonchev–Trinajstić information content (AvgIpc) is 3.05. The van der Waals surface area contributed by atoms with Crippen LogP contribution in [0.15, 0.2) is 30.5 Å². The molecule has 1 aromatic carbocycles. The molecule has 9 heteroatoms. The molecule has 1 saturated heterocycles. The number of carbonyl (C=O) groups excluding carboxylic acids is 1. The Morgan fingerprint density at radius 3 is 2.69 bits per heavy atom. The molecule has 29 heavy (non-hydrogen) atoms. The highest BCUT2D eigenvalue weighted by Gasteiger charge is 2.27. The number of aromatic nitrogens is 3. The second-order valence-corrected chi connectivity index (χ2v) is 7.47.